The van der Waals surface area contributed by atoms with E-state index in [1.807, 2.05) is 18.2 Å². The summed E-state index contributed by atoms with van der Waals surface area (Å²) < 4.78 is 27.9. The summed E-state index contributed by atoms with van der Waals surface area (Å²) in [5.74, 6) is 0. The molecule has 1 N–H and O–H groups in total. The van der Waals surface area contributed by atoms with Gasteiger partial charge in [0.15, 0.2) is 0 Å². The number of anilines is 1. The van der Waals surface area contributed by atoms with E-state index in [0.29, 0.717) is 18.5 Å². The molecule has 1 heterocycles. The van der Waals surface area contributed by atoms with Crippen LogP contribution in [-0.2, 0) is 16.4 Å². The summed E-state index contributed by atoms with van der Waals surface area (Å²) in [7, 11) is -3.55. The van der Waals surface area contributed by atoms with Gasteiger partial charge in [0.25, 0.3) is 10.0 Å². The Balaban J connectivity index is 2.02. The van der Waals surface area contributed by atoms with Crippen LogP contribution in [0.1, 0.15) is 11.1 Å². The second kappa shape index (κ2) is 5.27. The van der Waals surface area contributed by atoms with Crippen LogP contribution < -0.4 is 4.31 Å². The van der Waals surface area contributed by atoms with Crippen molar-refractivity contribution < 1.29 is 8.42 Å². The third-order valence-electron chi connectivity index (χ3n) is 3.53. The highest BCUT2D eigenvalue weighted by Gasteiger charge is 2.30. The molecule has 2 aromatic rings. The first-order chi connectivity index (χ1) is 10.0. The fourth-order valence-corrected chi connectivity index (χ4v) is 4.36. The number of hydrogen-bond donors (Lipinski definition) is 1. The Morgan fingerprint density at radius 1 is 1.14 bits per heavy atom. The van der Waals surface area contributed by atoms with Gasteiger partial charge in [0.2, 0.25) is 0 Å². The van der Waals surface area contributed by atoms with Crippen molar-refractivity contribution in [3.8, 4) is 0 Å². The van der Waals surface area contributed by atoms with Gasteiger partial charge in [-0.15, -0.1) is 0 Å². The van der Waals surface area contributed by atoms with Crippen molar-refractivity contribution in [2.75, 3.05) is 10.8 Å². The summed E-state index contributed by atoms with van der Waals surface area (Å²) in [5, 5.41) is 7.16. The lowest BCUT2D eigenvalue weighted by atomic mass is 10.2. The minimum atomic E-state index is -3.55. The van der Waals surface area contributed by atoms with Gasteiger partial charge in [-0.25, -0.2) is 8.42 Å². The molecule has 21 heavy (non-hydrogen) atoms. The fourth-order valence-electron chi connectivity index (χ4n) is 2.45. The highest BCUT2D eigenvalue weighted by atomic mass is 79.9. The van der Waals surface area contributed by atoms with Crippen molar-refractivity contribution in [3.05, 3.63) is 58.1 Å². The molecule has 0 atom stereocenters. The number of fused-ring (bicyclic) bond motifs is 1. The molecule has 0 saturated heterocycles. The number of nitrogens with zero attached hydrogens (tertiary/aromatic N) is 1. The first kappa shape index (κ1) is 14.3. The third-order valence-corrected chi connectivity index (χ3v) is 5.85. The molecule has 3 rings (SSSR count). The molecule has 0 spiro atoms. The molecule has 0 aliphatic carbocycles. The van der Waals surface area contributed by atoms with Crippen LogP contribution in [-0.4, -0.2) is 21.2 Å². The Kier molecular flexibility index (Phi) is 3.59. The highest BCUT2D eigenvalue weighted by molar-refractivity contribution is 9.10. The second-order valence-electron chi connectivity index (χ2n) is 4.81. The molecule has 6 heteroatoms. The molecule has 0 saturated carbocycles. The minimum absolute atomic E-state index is 0.254. The van der Waals surface area contributed by atoms with Crippen molar-refractivity contribution in [2.45, 2.75) is 11.3 Å². The van der Waals surface area contributed by atoms with E-state index in [9.17, 15) is 8.42 Å². The molecule has 0 unspecified atom stereocenters. The largest absolute Gasteiger partial charge is 0.308 e. The number of benzene rings is 2. The zero-order valence-electron chi connectivity index (χ0n) is 11.1. The zero-order valence-corrected chi connectivity index (χ0v) is 13.5. The van der Waals surface area contributed by atoms with Crippen LogP contribution in [0.25, 0.3) is 0 Å². The van der Waals surface area contributed by atoms with Crippen LogP contribution >= 0.6 is 15.9 Å². The number of nitrogens with one attached hydrogen (secondary N) is 1. The van der Waals surface area contributed by atoms with E-state index in [0.717, 1.165) is 15.7 Å². The van der Waals surface area contributed by atoms with Gasteiger partial charge >= 0.3 is 0 Å². The van der Waals surface area contributed by atoms with Crippen LogP contribution in [0.2, 0.25) is 0 Å². The Hall–Kier alpha value is -1.66. The first-order valence-corrected chi connectivity index (χ1v) is 8.67. The summed E-state index contributed by atoms with van der Waals surface area (Å²) >= 11 is 3.41. The van der Waals surface area contributed by atoms with Gasteiger partial charge in [-0.05, 0) is 47.9 Å². The quantitative estimate of drug-likeness (QED) is 0.850. The van der Waals surface area contributed by atoms with Crippen LogP contribution in [0.4, 0.5) is 5.69 Å². The summed E-state index contributed by atoms with van der Waals surface area (Å²) in [5.41, 5.74) is 2.46. The number of halogens is 1. The van der Waals surface area contributed by atoms with Gasteiger partial charge < -0.3 is 5.41 Å². The third kappa shape index (κ3) is 2.49. The van der Waals surface area contributed by atoms with E-state index >= 15 is 0 Å². The molecular formula is C15H13BrN2O2S. The predicted octanol–water partition coefficient (Wildman–Crippen LogP) is 3.20. The van der Waals surface area contributed by atoms with Gasteiger partial charge in [-0.1, -0.05) is 28.1 Å². The molecule has 0 aromatic heterocycles. The average molecular weight is 365 g/mol. The Bertz CT molecular complexity index is 801. The van der Waals surface area contributed by atoms with Crippen LogP contribution in [0, 0.1) is 5.41 Å². The maximum atomic E-state index is 12.7. The van der Waals surface area contributed by atoms with E-state index < -0.39 is 10.0 Å². The maximum Gasteiger partial charge on any atom is 0.264 e. The smallest absolute Gasteiger partial charge is 0.264 e. The Labute approximate surface area is 132 Å². The van der Waals surface area contributed by atoms with Crippen molar-refractivity contribution in [1.82, 2.24) is 0 Å². The second-order valence-corrected chi connectivity index (χ2v) is 7.59. The number of rotatable bonds is 3. The topological polar surface area (TPSA) is 61.2 Å². The van der Waals surface area contributed by atoms with Crippen LogP contribution in [0.15, 0.2) is 51.8 Å². The molecule has 0 radical (unpaired) electrons. The monoisotopic (exact) mass is 364 g/mol. The van der Waals surface area contributed by atoms with Crippen molar-refractivity contribution in [2.24, 2.45) is 0 Å². The van der Waals surface area contributed by atoms with Gasteiger partial charge in [-0.2, -0.15) is 0 Å². The van der Waals surface area contributed by atoms with Crippen molar-refractivity contribution in [1.29, 1.82) is 5.41 Å². The molecular weight excluding hydrogens is 352 g/mol. The lowest BCUT2D eigenvalue weighted by Gasteiger charge is -2.19. The van der Waals surface area contributed by atoms with Gasteiger partial charge in [0.1, 0.15) is 0 Å². The summed E-state index contributed by atoms with van der Waals surface area (Å²) in [6, 6.07) is 12.0. The molecule has 108 valence electrons. The molecule has 2 aromatic carbocycles. The average Bonchev–Trinajstić information content (AvgIpc) is 2.91. The summed E-state index contributed by atoms with van der Waals surface area (Å²) in [6.07, 6.45) is 1.91. The minimum Gasteiger partial charge on any atom is -0.308 e. The standard InChI is InChI=1S/C15H13BrN2O2S/c16-13-3-6-15-12(9-13)7-8-18(15)21(19,20)14-4-1-11(10-17)2-5-14/h1-6,9-10,17H,7-8H2. The van der Waals surface area contributed by atoms with Crippen LogP contribution in [0.3, 0.4) is 0 Å². The maximum absolute atomic E-state index is 12.7. The number of hydrogen-bond acceptors (Lipinski definition) is 3. The molecule has 0 amide bonds. The van der Waals surface area contributed by atoms with Gasteiger partial charge in [0.05, 0.1) is 10.6 Å². The summed E-state index contributed by atoms with van der Waals surface area (Å²) in [4.78, 5) is 0.254. The molecule has 4 nitrogen and oxygen atoms in total. The lowest BCUT2D eigenvalue weighted by Crippen LogP contribution is -2.29. The van der Waals surface area contributed by atoms with E-state index in [-0.39, 0.29) is 4.90 Å². The molecule has 1 aliphatic rings. The van der Waals surface area contributed by atoms with Gasteiger partial charge in [-0.3, -0.25) is 4.31 Å². The van der Waals surface area contributed by atoms with Crippen LogP contribution in [0.5, 0.6) is 0 Å². The lowest BCUT2D eigenvalue weighted by molar-refractivity contribution is 0.592. The molecule has 0 bridgehead atoms. The zero-order chi connectivity index (χ0) is 15.0. The fraction of sp³-hybridized carbons (Fsp3) is 0.133. The van der Waals surface area contributed by atoms with E-state index in [1.165, 1.54) is 10.5 Å². The SMILES string of the molecule is N=Cc1ccc(S(=O)(=O)N2CCc3cc(Br)ccc32)cc1. The predicted molar refractivity (Wildman–Crippen MR) is 86.7 cm³/mol. The van der Waals surface area contributed by atoms with E-state index in [1.54, 1.807) is 24.3 Å². The molecule has 0 fully saturated rings. The molecule has 1 aliphatic heterocycles. The summed E-state index contributed by atoms with van der Waals surface area (Å²) in [6.45, 7) is 0.459. The normalized spacial score (nSPS) is 14.0. The Morgan fingerprint density at radius 2 is 1.86 bits per heavy atom. The van der Waals surface area contributed by atoms with Crippen molar-refractivity contribution in [3.63, 3.8) is 0 Å². The first-order valence-electron chi connectivity index (χ1n) is 6.44. The van der Waals surface area contributed by atoms with E-state index in [4.69, 9.17) is 5.41 Å². The van der Waals surface area contributed by atoms with Gasteiger partial charge in [0, 0.05) is 17.2 Å². The number of sulfonamides is 1. The van der Waals surface area contributed by atoms with E-state index in [2.05, 4.69) is 15.9 Å². The van der Waals surface area contributed by atoms with Crippen molar-refractivity contribution >= 4 is 37.9 Å². The Morgan fingerprint density at radius 3 is 2.52 bits per heavy atom. The highest BCUT2D eigenvalue weighted by Crippen LogP contribution is 2.34.